The topological polar surface area (TPSA) is 32.8 Å². The van der Waals surface area contributed by atoms with Crippen molar-refractivity contribution in [2.24, 2.45) is 0 Å². The molecule has 386 valence electrons. The Balaban J connectivity index is 0.839. The first kappa shape index (κ1) is 46.3. The van der Waals surface area contributed by atoms with Gasteiger partial charge in [-0.05, 0) is 175 Å². The smallest absolute Gasteiger partial charge is 0.137 e. The largest absolute Gasteiger partial charge is 0.456 e. The predicted molar refractivity (Wildman–Crippen MR) is 338 cm³/mol. The minimum atomic E-state index is -0.318. The Morgan fingerprint density at radius 1 is 0.259 bits per heavy atom. The number of furan rings is 2. The Labute approximate surface area is 470 Å². The van der Waals surface area contributed by atoms with E-state index < -0.39 is 0 Å². The molecule has 17 rings (SSSR count). The van der Waals surface area contributed by atoms with E-state index in [-0.39, 0.29) is 16.2 Å². The number of para-hydroxylation sites is 4. The lowest BCUT2D eigenvalue weighted by molar-refractivity contribution is 0.649. The summed E-state index contributed by atoms with van der Waals surface area (Å²) in [5.41, 5.74) is 25.6. The average molecular weight is 1040 g/mol. The standard InChI is InChI=1S/C77H56N2O2/c1-75(2)57-41-55-59(76(3,4)61-43-65(47-27-13-15-29-49(47)71(55)61)78(45-23-9-7-10-24-45)63-33-21-37-69-73(63)51-31-17-19-35-67(51)80-69)39-53(57)54-40-60-56(42-58(54)75)72-50-30-16-14-28-48(50)66(44-62(72)77(60,5)6)79(46-25-11-8-12-26-46)64-34-22-38-70-74(64)52-32-18-20-36-68(52)81-70/h7-44H,1-6H3. The van der Waals surface area contributed by atoms with Gasteiger partial charge in [-0.15, -0.1) is 0 Å². The molecule has 12 aromatic carbocycles. The SMILES string of the molecule is CC1(C)c2cc3c(cc2-c2cc4c(cc21)-c1c(cc(N(c2ccccc2)c2cccc5oc6ccccc6c25)c2ccccc12)C4(C)C)C(C)(C)c1cc(N(c2ccccc2)c2cccc4oc5ccccc5c24)c2ccccc2c1-3. The van der Waals surface area contributed by atoms with Crippen LogP contribution < -0.4 is 9.80 Å². The quantitative estimate of drug-likeness (QED) is 0.166. The molecule has 3 aliphatic rings. The third-order valence-corrected chi connectivity index (χ3v) is 19.0. The molecule has 0 saturated heterocycles. The Bertz CT molecular complexity index is 4720. The fourth-order valence-corrected chi connectivity index (χ4v) is 15.1. The summed E-state index contributed by atoms with van der Waals surface area (Å²) in [5.74, 6) is 0. The first-order valence-electron chi connectivity index (χ1n) is 28.5. The van der Waals surface area contributed by atoms with Crippen LogP contribution in [0, 0.1) is 0 Å². The molecular weight excluding hydrogens is 985 g/mol. The molecule has 14 aromatic rings. The second-order valence-corrected chi connectivity index (χ2v) is 24.3. The van der Waals surface area contributed by atoms with Crippen LogP contribution in [0.15, 0.2) is 239 Å². The van der Waals surface area contributed by atoms with E-state index in [1.807, 2.05) is 0 Å². The number of benzene rings is 12. The second kappa shape index (κ2) is 16.2. The van der Waals surface area contributed by atoms with Gasteiger partial charge in [-0.1, -0.05) is 175 Å². The molecule has 0 aliphatic heterocycles. The van der Waals surface area contributed by atoms with Gasteiger partial charge < -0.3 is 18.6 Å². The van der Waals surface area contributed by atoms with E-state index in [4.69, 9.17) is 8.83 Å². The maximum atomic E-state index is 6.53. The van der Waals surface area contributed by atoms with Gasteiger partial charge in [-0.25, -0.2) is 0 Å². The van der Waals surface area contributed by atoms with Gasteiger partial charge in [-0.2, -0.15) is 0 Å². The minimum Gasteiger partial charge on any atom is -0.456 e. The van der Waals surface area contributed by atoms with Gasteiger partial charge in [0.15, 0.2) is 0 Å². The maximum Gasteiger partial charge on any atom is 0.137 e. The predicted octanol–water partition coefficient (Wildman–Crippen LogP) is 21.7. The van der Waals surface area contributed by atoms with E-state index in [1.54, 1.807) is 0 Å². The van der Waals surface area contributed by atoms with Crippen LogP contribution in [0.4, 0.5) is 34.1 Å². The van der Waals surface area contributed by atoms with E-state index in [0.29, 0.717) is 0 Å². The van der Waals surface area contributed by atoms with Crippen LogP contribution in [0.5, 0.6) is 0 Å². The molecule has 4 heteroatoms. The molecule has 0 atom stereocenters. The highest BCUT2D eigenvalue weighted by Gasteiger charge is 2.46. The van der Waals surface area contributed by atoms with Crippen LogP contribution in [0.2, 0.25) is 0 Å². The number of hydrogen-bond acceptors (Lipinski definition) is 4. The van der Waals surface area contributed by atoms with Crippen molar-refractivity contribution in [2.75, 3.05) is 9.80 Å². The fraction of sp³-hybridized carbons (Fsp3) is 0.117. The molecule has 0 amide bonds. The molecule has 0 N–H and O–H groups in total. The number of fused-ring (bicyclic) bond motifs is 19. The van der Waals surface area contributed by atoms with Crippen LogP contribution >= 0.6 is 0 Å². The number of rotatable bonds is 6. The van der Waals surface area contributed by atoms with Crippen molar-refractivity contribution >= 4 is 99.5 Å². The van der Waals surface area contributed by atoms with Crippen molar-refractivity contribution < 1.29 is 8.83 Å². The third kappa shape index (κ3) is 6.20. The lowest BCUT2D eigenvalue weighted by Gasteiger charge is -2.30. The third-order valence-electron chi connectivity index (χ3n) is 19.0. The lowest BCUT2D eigenvalue weighted by Crippen LogP contribution is -2.18. The molecule has 4 nitrogen and oxygen atoms in total. The molecule has 0 fully saturated rings. The number of nitrogens with zero attached hydrogens (tertiary/aromatic N) is 2. The van der Waals surface area contributed by atoms with Crippen LogP contribution in [0.1, 0.15) is 74.9 Å². The van der Waals surface area contributed by atoms with Crippen molar-refractivity contribution in [1.29, 1.82) is 0 Å². The zero-order valence-corrected chi connectivity index (χ0v) is 46.2. The van der Waals surface area contributed by atoms with E-state index in [2.05, 4.69) is 282 Å². The summed E-state index contributed by atoms with van der Waals surface area (Å²) in [4.78, 5) is 4.94. The molecule has 0 bridgehead atoms. The maximum absolute atomic E-state index is 6.53. The van der Waals surface area contributed by atoms with E-state index in [0.717, 1.165) is 78.0 Å². The molecule has 0 spiro atoms. The molecule has 2 heterocycles. The lowest BCUT2D eigenvalue weighted by atomic mass is 9.78. The Hall–Kier alpha value is -9.64. The van der Waals surface area contributed by atoms with Crippen molar-refractivity contribution in [3.05, 3.63) is 264 Å². The first-order chi connectivity index (χ1) is 39.5. The Kier molecular flexibility index (Phi) is 9.28. The molecule has 3 aliphatic carbocycles. The molecule has 0 radical (unpaired) electrons. The van der Waals surface area contributed by atoms with Gasteiger partial charge in [0.25, 0.3) is 0 Å². The Morgan fingerprint density at radius 2 is 0.580 bits per heavy atom. The van der Waals surface area contributed by atoms with Gasteiger partial charge in [0.05, 0.1) is 33.5 Å². The van der Waals surface area contributed by atoms with Crippen molar-refractivity contribution in [3.8, 4) is 33.4 Å². The first-order valence-corrected chi connectivity index (χ1v) is 28.5. The van der Waals surface area contributed by atoms with Crippen molar-refractivity contribution in [2.45, 2.75) is 57.8 Å². The van der Waals surface area contributed by atoms with Gasteiger partial charge in [-0.3, -0.25) is 0 Å². The molecule has 81 heavy (non-hydrogen) atoms. The van der Waals surface area contributed by atoms with E-state index >= 15 is 0 Å². The number of hydrogen-bond donors (Lipinski definition) is 0. The monoisotopic (exact) mass is 1040 g/mol. The Morgan fingerprint density at radius 3 is 1.00 bits per heavy atom. The summed E-state index contributed by atoms with van der Waals surface area (Å²) in [6, 6.07) is 85.1. The van der Waals surface area contributed by atoms with Crippen LogP contribution in [-0.4, -0.2) is 0 Å². The zero-order valence-electron chi connectivity index (χ0n) is 46.2. The summed E-state index contributed by atoms with van der Waals surface area (Å²) >= 11 is 0. The van der Waals surface area contributed by atoms with Crippen molar-refractivity contribution in [1.82, 2.24) is 0 Å². The zero-order chi connectivity index (χ0) is 54.3. The molecule has 0 saturated carbocycles. The van der Waals surface area contributed by atoms with Gasteiger partial charge in [0, 0.05) is 49.2 Å². The summed E-state index contributed by atoms with van der Waals surface area (Å²) in [7, 11) is 0. The van der Waals surface area contributed by atoms with Crippen LogP contribution in [0.3, 0.4) is 0 Å². The summed E-state index contributed by atoms with van der Waals surface area (Å²) in [6.07, 6.45) is 0. The summed E-state index contributed by atoms with van der Waals surface area (Å²) in [6.45, 7) is 14.7. The van der Waals surface area contributed by atoms with Gasteiger partial charge >= 0.3 is 0 Å². The van der Waals surface area contributed by atoms with Gasteiger partial charge in [0.1, 0.15) is 22.3 Å². The average Bonchev–Trinajstić information content (AvgIpc) is 3.88. The van der Waals surface area contributed by atoms with Crippen molar-refractivity contribution in [3.63, 3.8) is 0 Å². The van der Waals surface area contributed by atoms with Gasteiger partial charge in [0.2, 0.25) is 0 Å². The van der Waals surface area contributed by atoms with E-state index in [9.17, 15) is 0 Å². The van der Waals surface area contributed by atoms with Crippen LogP contribution in [0.25, 0.3) is 98.8 Å². The van der Waals surface area contributed by atoms with Crippen LogP contribution in [-0.2, 0) is 16.2 Å². The molecule has 2 aromatic heterocycles. The highest BCUT2D eigenvalue weighted by molar-refractivity contribution is 6.19. The summed E-state index contributed by atoms with van der Waals surface area (Å²) < 4.78 is 13.1. The highest BCUT2D eigenvalue weighted by Crippen LogP contribution is 2.63. The fourth-order valence-electron chi connectivity index (χ4n) is 15.1. The summed E-state index contributed by atoms with van der Waals surface area (Å²) in [5, 5.41) is 9.39. The van der Waals surface area contributed by atoms with E-state index in [1.165, 1.54) is 88.3 Å². The minimum absolute atomic E-state index is 0.272. The molecular formula is C77H56N2O2. The number of anilines is 6. The highest BCUT2D eigenvalue weighted by atomic mass is 16.3. The second-order valence-electron chi connectivity index (χ2n) is 24.3. The normalized spacial score (nSPS) is 14.8. The molecule has 0 unspecified atom stereocenters.